The number of allylic oxidation sites excluding steroid dienone is 1. The molecule has 2 rings (SSSR count). The SMILES string of the molecule is Cc1ccc(OCC(=O)Oc2ccc(C=C(C#N)C#N)cc2)c(Br)c1. The number of esters is 1. The smallest absolute Gasteiger partial charge is 0.349 e. The second-order valence-corrected chi connectivity index (χ2v) is 5.90. The quantitative estimate of drug-likeness (QED) is 0.430. The van der Waals surface area contributed by atoms with Gasteiger partial charge in [-0.25, -0.2) is 4.79 Å². The highest BCUT2D eigenvalue weighted by Gasteiger charge is 2.08. The lowest BCUT2D eigenvalue weighted by atomic mass is 10.1. The summed E-state index contributed by atoms with van der Waals surface area (Å²) < 4.78 is 11.4. The van der Waals surface area contributed by atoms with Gasteiger partial charge in [0.1, 0.15) is 29.2 Å². The van der Waals surface area contributed by atoms with E-state index in [-0.39, 0.29) is 12.2 Å². The third-order valence-electron chi connectivity index (χ3n) is 3.10. The number of benzene rings is 2. The molecule has 25 heavy (non-hydrogen) atoms. The van der Waals surface area contributed by atoms with Gasteiger partial charge in [0.2, 0.25) is 0 Å². The number of halogens is 1. The molecule has 0 aliphatic heterocycles. The molecule has 0 amide bonds. The molecule has 0 radical (unpaired) electrons. The molecule has 6 heteroatoms. The molecule has 124 valence electrons. The third kappa shape index (κ3) is 5.49. The molecule has 0 fully saturated rings. The van der Waals surface area contributed by atoms with Gasteiger partial charge in [-0.1, -0.05) is 18.2 Å². The van der Waals surface area contributed by atoms with Crippen LogP contribution in [0.4, 0.5) is 0 Å². The van der Waals surface area contributed by atoms with E-state index in [1.807, 2.05) is 19.1 Å². The van der Waals surface area contributed by atoms with Crippen LogP contribution in [0, 0.1) is 29.6 Å². The van der Waals surface area contributed by atoms with Gasteiger partial charge in [-0.3, -0.25) is 0 Å². The van der Waals surface area contributed by atoms with Gasteiger partial charge < -0.3 is 9.47 Å². The Kier molecular flexibility index (Phi) is 6.33. The molecule has 5 nitrogen and oxygen atoms in total. The van der Waals surface area contributed by atoms with Crippen LogP contribution in [0.25, 0.3) is 6.08 Å². The molecular weight excluding hydrogens is 384 g/mol. The van der Waals surface area contributed by atoms with E-state index in [1.54, 1.807) is 42.5 Å². The van der Waals surface area contributed by atoms with E-state index in [1.165, 1.54) is 6.08 Å². The summed E-state index contributed by atoms with van der Waals surface area (Å²) in [7, 11) is 0. The van der Waals surface area contributed by atoms with Crippen molar-refractivity contribution >= 4 is 28.0 Å². The van der Waals surface area contributed by atoms with Gasteiger partial charge in [-0.05, 0) is 64.3 Å². The molecule has 0 spiro atoms. The Bertz CT molecular complexity index is 874. The average molecular weight is 397 g/mol. The van der Waals surface area contributed by atoms with Crippen LogP contribution in [0.15, 0.2) is 52.5 Å². The van der Waals surface area contributed by atoms with Crippen LogP contribution < -0.4 is 9.47 Å². The highest BCUT2D eigenvalue weighted by molar-refractivity contribution is 9.10. The fraction of sp³-hybridized carbons (Fsp3) is 0.105. The minimum Gasteiger partial charge on any atom is -0.481 e. The second kappa shape index (κ2) is 8.68. The normalized spacial score (nSPS) is 9.44. The van der Waals surface area contributed by atoms with Crippen LogP contribution in [0.3, 0.4) is 0 Å². The minimum absolute atomic E-state index is 0.00168. The molecular formula is C19H13BrN2O3. The topological polar surface area (TPSA) is 83.1 Å². The maximum Gasteiger partial charge on any atom is 0.349 e. The van der Waals surface area contributed by atoms with E-state index >= 15 is 0 Å². The zero-order valence-corrected chi connectivity index (χ0v) is 14.9. The molecule has 2 aromatic carbocycles. The molecule has 0 saturated heterocycles. The van der Waals surface area contributed by atoms with Crippen LogP contribution in [-0.2, 0) is 4.79 Å². The van der Waals surface area contributed by atoms with Gasteiger partial charge in [0.15, 0.2) is 6.61 Å². The third-order valence-corrected chi connectivity index (χ3v) is 3.72. The predicted octanol–water partition coefficient (Wildman–Crippen LogP) is 4.17. The standard InChI is InChI=1S/C19H13BrN2O3/c1-13-2-7-18(17(20)8-13)24-12-19(23)25-16-5-3-14(4-6-16)9-15(10-21)11-22/h2-9H,12H2,1H3. The Balaban J connectivity index is 1.94. The minimum atomic E-state index is -0.537. The number of hydrogen-bond acceptors (Lipinski definition) is 5. The lowest BCUT2D eigenvalue weighted by Crippen LogP contribution is -2.17. The van der Waals surface area contributed by atoms with E-state index in [9.17, 15) is 4.79 Å². The predicted molar refractivity (Wildman–Crippen MR) is 95.7 cm³/mol. The first-order chi connectivity index (χ1) is 12.0. The Labute approximate surface area is 153 Å². The fourth-order valence-corrected chi connectivity index (χ4v) is 2.52. The van der Waals surface area contributed by atoms with Crippen LogP contribution >= 0.6 is 15.9 Å². The van der Waals surface area contributed by atoms with Crippen molar-refractivity contribution in [3.05, 3.63) is 63.6 Å². The molecule has 0 bridgehead atoms. The van der Waals surface area contributed by atoms with Gasteiger partial charge in [0.25, 0.3) is 0 Å². The maximum absolute atomic E-state index is 11.9. The second-order valence-electron chi connectivity index (χ2n) is 5.05. The van der Waals surface area contributed by atoms with Crippen molar-refractivity contribution in [3.63, 3.8) is 0 Å². The Morgan fingerprint density at radius 2 is 1.84 bits per heavy atom. The van der Waals surface area contributed by atoms with Crippen LogP contribution in [0.1, 0.15) is 11.1 Å². The van der Waals surface area contributed by atoms with Crippen molar-refractivity contribution in [2.45, 2.75) is 6.92 Å². The van der Waals surface area contributed by atoms with E-state index in [4.69, 9.17) is 20.0 Å². The van der Waals surface area contributed by atoms with E-state index in [2.05, 4.69) is 15.9 Å². The monoisotopic (exact) mass is 396 g/mol. The number of nitriles is 2. The summed E-state index contributed by atoms with van der Waals surface area (Å²) in [6.45, 7) is 1.73. The molecule has 0 unspecified atom stereocenters. The molecule has 2 aromatic rings. The highest BCUT2D eigenvalue weighted by atomic mass is 79.9. The summed E-state index contributed by atoms with van der Waals surface area (Å²) in [4.78, 5) is 11.9. The molecule has 0 saturated carbocycles. The number of nitrogens with zero attached hydrogens (tertiary/aromatic N) is 2. The van der Waals surface area contributed by atoms with E-state index in [0.29, 0.717) is 17.1 Å². The van der Waals surface area contributed by atoms with Crippen molar-refractivity contribution in [2.75, 3.05) is 6.61 Å². The summed E-state index contributed by atoms with van der Waals surface area (Å²) in [5.41, 5.74) is 1.74. The summed E-state index contributed by atoms with van der Waals surface area (Å²) >= 11 is 3.37. The van der Waals surface area contributed by atoms with Crippen molar-refractivity contribution in [1.29, 1.82) is 10.5 Å². The number of carbonyl (C=O) groups is 1. The average Bonchev–Trinajstić information content (AvgIpc) is 2.60. The van der Waals surface area contributed by atoms with Crippen molar-refractivity contribution in [2.24, 2.45) is 0 Å². The molecule has 0 aromatic heterocycles. The first kappa shape index (κ1) is 18.3. The van der Waals surface area contributed by atoms with Gasteiger partial charge in [0.05, 0.1) is 4.47 Å². The number of ether oxygens (including phenoxy) is 2. The number of rotatable bonds is 5. The molecule has 0 N–H and O–H groups in total. The van der Waals surface area contributed by atoms with Crippen molar-refractivity contribution in [1.82, 2.24) is 0 Å². The maximum atomic E-state index is 11.9. The lowest BCUT2D eigenvalue weighted by Gasteiger charge is -2.09. The zero-order chi connectivity index (χ0) is 18.2. The number of hydrogen-bond donors (Lipinski definition) is 0. The molecule has 0 heterocycles. The number of carbonyl (C=O) groups excluding carboxylic acids is 1. The van der Waals surface area contributed by atoms with Gasteiger partial charge in [0, 0.05) is 0 Å². The summed E-state index contributed by atoms with van der Waals surface area (Å²) in [5, 5.41) is 17.4. The Morgan fingerprint density at radius 3 is 2.44 bits per heavy atom. The lowest BCUT2D eigenvalue weighted by molar-refractivity contribution is -0.136. The van der Waals surface area contributed by atoms with Crippen LogP contribution in [-0.4, -0.2) is 12.6 Å². The largest absolute Gasteiger partial charge is 0.481 e. The Morgan fingerprint density at radius 1 is 1.16 bits per heavy atom. The van der Waals surface area contributed by atoms with E-state index in [0.717, 1.165) is 10.0 Å². The van der Waals surface area contributed by atoms with Crippen LogP contribution in [0.5, 0.6) is 11.5 Å². The van der Waals surface area contributed by atoms with Gasteiger partial charge >= 0.3 is 5.97 Å². The number of aryl methyl sites for hydroxylation is 1. The summed E-state index contributed by atoms with van der Waals surface area (Å²) in [6, 6.07) is 15.6. The van der Waals surface area contributed by atoms with Crippen molar-refractivity contribution < 1.29 is 14.3 Å². The Hall–Kier alpha value is -3.09. The molecule has 0 aliphatic carbocycles. The molecule has 0 aliphatic rings. The summed E-state index contributed by atoms with van der Waals surface area (Å²) in [5.74, 6) is 0.373. The first-order valence-electron chi connectivity index (χ1n) is 7.23. The van der Waals surface area contributed by atoms with E-state index < -0.39 is 5.97 Å². The fourth-order valence-electron chi connectivity index (χ4n) is 1.91. The van der Waals surface area contributed by atoms with Crippen LogP contribution in [0.2, 0.25) is 0 Å². The van der Waals surface area contributed by atoms with Crippen molar-refractivity contribution in [3.8, 4) is 23.6 Å². The molecule has 0 atom stereocenters. The highest BCUT2D eigenvalue weighted by Crippen LogP contribution is 2.25. The summed E-state index contributed by atoms with van der Waals surface area (Å²) in [6.07, 6.45) is 1.45. The zero-order valence-electron chi connectivity index (χ0n) is 13.3. The first-order valence-corrected chi connectivity index (χ1v) is 8.02. The van der Waals surface area contributed by atoms with Gasteiger partial charge in [-0.15, -0.1) is 0 Å². The van der Waals surface area contributed by atoms with Gasteiger partial charge in [-0.2, -0.15) is 10.5 Å².